The van der Waals surface area contributed by atoms with Crippen molar-refractivity contribution in [3.05, 3.63) is 257 Å². The van der Waals surface area contributed by atoms with Crippen LogP contribution in [0.15, 0.2) is 231 Å². The van der Waals surface area contributed by atoms with Gasteiger partial charge in [0.1, 0.15) is 11.2 Å². The number of carbonyl (C=O) groups is 4. The number of halogens is 3. The van der Waals surface area contributed by atoms with Crippen molar-refractivity contribution in [1.29, 1.82) is 0 Å². The first-order valence-electron chi connectivity index (χ1n) is 30.6. The quantitative estimate of drug-likeness (QED) is 0.0653. The topological polar surface area (TPSA) is 285 Å². The minimum Gasteiger partial charge on any atom is -0.444 e. The summed E-state index contributed by atoms with van der Waals surface area (Å²) in [6.45, 7) is 10.8. The number of nitrogen functional groups attached to an aromatic ring is 1. The van der Waals surface area contributed by atoms with Gasteiger partial charge in [-0.2, -0.15) is 16.8 Å². The van der Waals surface area contributed by atoms with Crippen LogP contribution in [0.2, 0.25) is 15.3 Å². The van der Waals surface area contributed by atoms with Gasteiger partial charge in [-0.3, -0.25) is 20.2 Å². The minimum atomic E-state index is -0.750. The van der Waals surface area contributed by atoms with Gasteiger partial charge in [0, 0.05) is 105 Å². The van der Waals surface area contributed by atoms with Crippen LogP contribution >= 0.6 is 34.8 Å². The Bertz CT molecular complexity index is 4960. The molecular formula is C74H67Cl3N12O10S2. The lowest BCUT2D eigenvalue weighted by Gasteiger charge is -2.20. The van der Waals surface area contributed by atoms with Crippen LogP contribution in [-0.4, -0.2) is 95.2 Å². The highest BCUT2D eigenvalue weighted by atomic mass is 35.5. The molecule has 4 aromatic heterocycles. The first-order chi connectivity index (χ1) is 48.3. The number of ether oxygens (including phenoxy) is 2. The summed E-state index contributed by atoms with van der Waals surface area (Å²) in [4.78, 5) is 70.3. The first-order valence-corrected chi connectivity index (χ1v) is 33.1. The summed E-state index contributed by atoms with van der Waals surface area (Å²) >= 11 is 17.4. The third-order valence-electron chi connectivity index (χ3n) is 14.4. The number of fused-ring (bicyclic) bond motifs is 2. The van der Waals surface area contributed by atoms with E-state index in [-0.39, 0.29) is 17.1 Å². The molecule has 0 unspecified atom stereocenters. The van der Waals surface area contributed by atoms with Gasteiger partial charge in [-0.25, -0.2) is 29.5 Å². The van der Waals surface area contributed by atoms with E-state index in [4.69, 9.17) is 71.8 Å². The predicted octanol–water partition coefficient (Wildman–Crippen LogP) is 17.1. The van der Waals surface area contributed by atoms with Crippen LogP contribution in [0, 0.1) is 0 Å². The molecule has 0 aliphatic heterocycles. The minimum absolute atomic E-state index is 0.172. The van der Waals surface area contributed by atoms with Gasteiger partial charge in [0.2, 0.25) is 11.2 Å². The van der Waals surface area contributed by atoms with E-state index in [0.29, 0.717) is 72.6 Å². The molecule has 12 aromatic rings. The first kappa shape index (κ1) is 75.4. The van der Waals surface area contributed by atoms with Crippen molar-refractivity contribution in [2.75, 3.05) is 45.6 Å². The van der Waals surface area contributed by atoms with Gasteiger partial charge >= 0.3 is 35.3 Å². The van der Waals surface area contributed by atoms with Crippen LogP contribution in [-0.2, 0) is 32.6 Å². The SMILES string of the molecule is CN(C(=O)c1ccc(NC(=O)OC(C)(C)C)cc1)c1cccc(N)c1.CN(C(=O)c1ccc(NC(=O)OC(C)(C)C)cc1)c1cccc(Nc2ncc(Cl)c(-c3cn(-c4ccccc4)c4ccccc34)n2)c1.Clc1ncc(Cl)c(-c2cn(-c3ccccc3)c3ccccc23)n1.O=S=O.O=S=O. The number of nitrogens with zero attached hydrogens (tertiary/aromatic N) is 8. The number of carbonyl (C=O) groups excluding carboxylic acids is 4. The Morgan fingerprint density at radius 3 is 1.31 bits per heavy atom. The van der Waals surface area contributed by atoms with Crippen LogP contribution in [0.1, 0.15) is 62.3 Å². The van der Waals surface area contributed by atoms with Gasteiger partial charge in [-0.05, 0) is 174 Å². The van der Waals surface area contributed by atoms with Crippen molar-refractivity contribution in [2.45, 2.75) is 52.7 Å². The Balaban J connectivity index is 0.000000202. The largest absolute Gasteiger partial charge is 0.444 e. The third kappa shape index (κ3) is 20.8. The maximum Gasteiger partial charge on any atom is 0.412 e. The molecule has 0 atom stereocenters. The molecule has 4 amide bonds. The number of nitrogens with two attached hydrogens (primary N) is 1. The van der Waals surface area contributed by atoms with Crippen LogP contribution < -0.4 is 31.5 Å². The van der Waals surface area contributed by atoms with Crippen molar-refractivity contribution in [2.24, 2.45) is 0 Å². The maximum absolute atomic E-state index is 13.3. The van der Waals surface area contributed by atoms with E-state index in [0.717, 1.165) is 44.3 Å². The second-order valence-electron chi connectivity index (χ2n) is 23.8. The van der Waals surface area contributed by atoms with Gasteiger partial charge in [0.15, 0.2) is 0 Å². The molecule has 4 heterocycles. The summed E-state index contributed by atoms with van der Waals surface area (Å²) in [5, 5.41) is 11.7. The summed E-state index contributed by atoms with van der Waals surface area (Å²) in [6, 6.07) is 64.3. The second kappa shape index (κ2) is 34.9. The van der Waals surface area contributed by atoms with Gasteiger partial charge in [0.25, 0.3) is 11.8 Å². The van der Waals surface area contributed by atoms with E-state index < -0.39 is 46.5 Å². The Morgan fingerprint density at radius 2 is 0.871 bits per heavy atom. The predicted molar refractivity (Wildman–Crippen MR) is 400 cm³/mol. The number of nitrogens with one attached hydrogen (secondary N) is 3. The molecular weight excluding hydrogens is 1390 g/mol. The Labute approximate surface area is 604 Å². The van der Waals surface area contributed by atoms with Crippen molar-refractivity contribution in [1.82, 2.24) is 29.1 Å². The molecule has 0 bridgehead atoms. The summed E-state index contributed by atoms with van der Waals surface area (Å²) in [5.74, 6) is -0.0274. The molecule has 0 radical (unpaired) electrons. The lowest BCUT2D eigenvalue weighted by atomic mass is 10.1. The van der Waals surface area contributed by atoms with E-state index in [9.17, 15) is 19.2 Å². The fourth-order valence-electron chi connectivity index (χ4n) is 10.0. The molecule has 0 saturated heterocycles. The van der Waals surface area contributed by atoms with Gasteiger partial charge in [-0.1, -0.05) is 108 Å². The number of aromatic nitrogens is 6. The summed E-state index contributed by atoms with van der Waals surface area (Å²) < 4.78 is 47.9. The zero-order valence-corrected chi connectivity index (χ0v) is 59.5. The molecule has 0 aliphatic carbocycles. The molecule has 0 aliphatic rings. The van der Waals surface area contributed by atoms with Crippen molar-refractivity contribution < 1.29 is 45.5 Å². The molecule has 22 nitrogen and oxygen atoms in total. The summed E-state index contributed by atoms with van der Waals surface area (Å²) in [7, 11) is 3.39. The molecule has 0 saturated carbocycles. The molecule has 8 aromatic carbocycles. The van der Waals surface area contributed by atoms with Crippen LogP contribution in [0.25, 0.3) is 55.7 Å². The molecule has 516 valence electrons. The Kier molecular flexibility index (Phi) is 26.0. The van der Waals surface area contributed by atoms with Crippen molar-refractivity contribution >= 4 is 144 Å². The normalized spacial score (nSPS) is 10.7. The van der Waals surface area contributed by atoms with Crippen LogP contribution in [0.4, 0.5) is 49.7 Å². The second-order valence-corrected chi connectivity index (χ2v) is 25.2. The average Bonchev–Trinajstić information content (AvgIpc) is 1.63. The average molecular weight is 1450 g/mol. The van der Waals surface area contributed by atoms with Crippen molar-refractivity contribution in [3.63, 3.8) is 0 Å². The fraction of sp³-hybridized carbons (Fsp3) is 0.135. The molecule has 0 spiro atoms. The number of amides is 4. The number of anilines is 7. The van der Waals surface area contributed by atoms with Gasteiger partial charge in [0.05, 0.1) is 44.9 Å². The fourth-order valence-corrected chi connectivity index (χ4v) is 10.5. The Hall–Kier alpha value is -11.4. The number of benzene rings is 8. The summed E-state index contributed by atoms with van der Waals surface area (Å²) in [6.07, 6.45) is 6.09. The number of para-hydroxylation sites is 4. The van der Waals surface area contributed by atoms with Crippen molar-refractivity contribution in [3.8, 4) is 33.9 Å². The highest BCUT2D eigenvalue weighted by Crippen LogP contribution is 2.38. The zero-order valence-electron chi connectivity index (χ0n) is 55.6. The molecule has 12 rings (SSSR count). The van der Waals surface area contributed by atoms with Crippen LogP contribution in [0.3, 0.4) is 0 Å². The maximum atomic E-state index is 13.3. The van der Waals surface area contributed by atoms with E-state index in [1.807, 2.05) is 103 Å². The summed E-state index contributed by atoms with van der Waals surface area (Å²) in [5.41, 5.74) is 16.5. The van der Waals surface area contributed by atoms with Gasteiger partial charge < -0.3 is 39.5 Å². The standard InChI is InChI=1S/C37H33ClN6O3.C19H23N3O3.C18H11Cl2N3.2O2S/c1-37(2,3)47-36(46)41-25-19-17-24(18-20-25)34(45)43(4)28-14-10-11-26(21-28)40-35-39-22-31(38)33(42-35)30-23-44(27-12-6-5-7-13-27)32-16-9-8-15-29(30)32;1-19(2,3)25-18(24)21-15-10-8-13(9-11-15)17(23)22(4)16-7-5-6-14(20)12-16;19-15-10-21-18(20)22-17(15)14-11-23(12-6-2-1-3-7-12)16-9-5-4-8-13(14)16;2*1-3-2/h5-23H,1-4H3,(H,41,46)(H,39,40,42);5-12H,20H2,1-4H3,(H,21,24);1-11H;;. The zero-order chi connectivity index (χ0) is 73.0. The van der Waals surface area contributed by atoms with E-state index in [1.54, 1.807) is 133 Å². The highest BCUT2D eigenvalue weighted by Gasteiger charge is 2.22. The van der Waals surface area contributed by atoms with Gasteiger partial charge in [-0.15, -0.1) is 0 Å². The number of hydrogen-bond acceptors (Lipinski definition) is 16. The number of hydrogen-bond donors (Lipinski definition) is 4. The molecule has 101 heavy (non-hydrogen) atoms. The lowest BCUT2D eigenvalue weighted by molar-refractivity contribution is 0.0624. The van der Waals surface area contributed by atoms with Crippen LogP contribution in [0.5, 0.6) is 0 Å². The highest BCUT2D eigenvalue weighted by molar-refractivity contribution is 7.52. The third-order valence-corrected chi connectivity index (χ3v) is 15.1. The molecule has 0 fully saturated rings. The number of rotatable bonds is 12. The monoisotopic (exact) mass is 1450 g/mol. The molecule has 27 heteroatoms. The van der Waals surface area contributed by atoms with E-state index in [1.165, 1.54) is 11.1 Å². The van der Waals surface area contributed by atoms with E-state index >= 15 is 0 Å². The van der Waals surface area contributed by atoms with E-state index in [2.05, 4.69) is 88.6 Å². The lowest BCUT2D eigenvalue weighted by Crippen LogP contribution is -2.27. The molecule has 5 N–H and O–H groups in total. The smallest absolute Gasteiger partial charge is 0.412 e. The Morgan fingerprint density at radius 1 is 0.475 bits per heavy atom.